The van der Waals surface area contributed by atoms with Gasteiger partial charge in [0.2, 0.25) is 0 Å². The zero-order valence-electron chi connectivity index (χ0n) is 10.2. The summed E-state index contributed by atoms with van der Waals surface area (Å²) in [6.07, 6.45) is 5.23. The first-order valence-corrected chi connectivity index (χ1v) is 6.65. The van der Waals surface area contributed by atoms with Gasteiger partial charge >= 0.3 is 0 Å². The highest BCUT2D eigenvalue weighted by Gasteiger charge is 2.13. The summed E-state index contributed by atoms with van der Waals surface area (Å²) in [6, 6.07) is 1.88. The van der Waals surface area contributed by atoms with E-state index in [1.165, 1.54) is 0 Å². The first-order valence-electron chi connectivity index (χ1n) is 5.88. The highest BCUT2D eigenvalue weighted by Crippen LogP contribution is 2.10. The van der Waals surface area contributed by atoms with E-state index >= 15 is 0 Å². The molecule has 0 atom stereocenters. The van der Waals surface area contributed by atoms with Gasteiger partial charge in [0.1, 0.15) is 4.88 Å². The number of carbonyl (C=O) groups excluding carboxylic acids is 1. The Bertz CT molecular complexity index is 493. The van der Waals surface area contributed by atoms with Crippen molar-refractivity contribution in [3.05, 3.63) is 29.0 Å². The van der Waals surface area contributed by atoms with Crippen LogP contribution in [0.5, 0.6) is 0 Å². The SMILES string of the molecule is CCc1nnsc1C(=O)NCCCn1cccn1. The fraction of sp³-hybridized carbons (Fsp3) is 0.455. The lowest BCUT2D eigenvalue weighted by Gasteiger charge is -2.04. The van der Waals surface area contributed by atoms with Gasteiger partial charge in [-0.2, -0.15) is 5.10 Å². The first-order chi connectivity index (χ1) is 8.81. The van der Waals surface area contributed by atoms with Crippen LogP contribution in [0, 0.1) is 0 Å². The van der Waals surface area contributed by atoms with Crippen molar-refractivity contribution in [1.82, 2.24) is 24.7 Å². The second-order valence-corrected chi connectivity index (χ2v) is 4.54. The van der Waals surface area contributed by atoms with Gasteiger partial charge in [-0.25, -0.2) is 0 Å². The molecule has 2 aromatic rings. The molecular formula is C11H15N5OS. The van der Waals surface area contributed by atoms with Crippen LogP contribution >= 0.6 is 11.5 Å². The lowest BCUT2D eigenvalue weighted by molar-refractivity contribution is 0.0955. The van der Waals surface area contributed by atoms with Crippen LogP contribution in [0.2, 0.25) is 0 Å². The van der Waals surface area contributed by atoms with Gasteiger partial charge in [0, 0.05) is 25.5 Å². The van der Waals surface area contributed by atoms with Gasteiger partial charge in [0.05, 0.1) is 5.69 Å². The average Bonchev–Trinajstić information content (AvgIpc) is 3.04. The number of nitrogens with one attached hydrogen (secondary N) is 1. The fourth-order valence-electron chi connectivity index (χ4n) is 1.57. The van der Waals surface area contributed by atoms with Crippen molar-refractivity contribution in [1.29, 1.82) is 0 Å². The zero-order valence-corrected chi connectivity index (χ0v) is 11.0. The van der Waals surface area contributed by atoms with Crippen molar-refractivity contribution in [2.75, 3.05) is 6.54 Å². The standard InChI is InChI=1S/C11H15N5OS/c1-2-9-10(18-15-14-9)11(17)12-5-3-7-16-8-4-6-13-16/h4,6,8H,2-3,5,7H2,1H3,(H,12,17). The topological polar surface area (TPSA) is 72.7 Å². The van der Waals surface area contributed by atoms with Crippen LogP contribution < -0.4 is 5.32 Å². The Kier molecular flexibility index (Phi) is 4.40. The van der Waals surface area contributed by atoms with E-state index in [4.69, 9.17) is 0 Å². The number of aromatic nitrogens is 4. The third kappa shape index (κ3) is 3.13. The second kappa shape index (κ2) is 6.25. The van der Waals surface area contributed by atoms with Crippen LogP contribution in [-0.2, 0) is 13.0 Å². The predicted molar refractivity (Wildman–Crippen MR) is 68.5 cm³/mol. The number of rotatable bonds is 6. The second-order valence-electron chi connectivity index (χ2n) is 3.78. The predicted octanol–water partition coefficient (Wildman–Crippen LogP) is 1.12. The number of hydrogen-bond donors (Lipinski definition) is 1. The van der Waals surface area contributed by atoms with Crippen LogP contribution in [0.1, 0.15) is 28.7 Å². The van der Waals surface area contributed by atoms with Gasteiger partial charge < -0.3 is 5.32 Å². The van der Waals surface area contributed by atoms with E-state index in [1.807, 2.05) is 23.9 Å². The Hall–Kier alpha value is -1.76. The Labute approximate surface area is 109 Å². The number of amides is 1. The molecule has 2 heterocycles. The summed E-state index contributed by atoms with van der Waals surface area (Å²) in [7, 11) is 0. The summed E-state index contributed by atoms with van der Waals surface area (Å²) < 4.78 is 5.64. The van der Waals surface area contributed by atoms with Gasteiger partial charge in [0.15, 0.2) is 0 Å². The van der Waals surface area contributed by atoms with Crippen LogP contribution in [0.4, 0.5) is 0 Å². The Balaban J connectivity index is 1.75. The summed E-state index contributed by atoms with van der Waals surface area (Å²) in [5.41, 5.74) is 0.768. The van der Waals surface area contributed by atoms with E-state index in [0.29, 0.717) is 11.4 Å². The first kappa shape index (κ1) is 12.7. The van der Waals surface area contributed by atoms with Crippen molar-refractivity contribution in [2.24, 2.45) is 0 Å². The lowest BCUT2D eigenvalue weighted by Crippen LogP contribution is -2.25. The highest BCUT2D eigenvalue weighted by atomic mass is 32.1. The number of aryl methyl sites for hydroxylation is 2. The molecule has 0 saturated carbocycles. The Morgan fingerprint density at radius 3 is 3.17 bits per heavy atom. The van der Waals surface area contributed by atoms with E-state index in [-0.39, 0.29) is 5.91 Å². The summed E-state index contributed by atoms with van der Waals surface area (Å²) >= 11 is 1.15. The third-order valence-corrected chi connectivity index (χ3v) is 3.27. The van der Waals surface area contributed by atoms with E-state index in [2.05, 4.69) is 20.0 Å². The minimum Gasteiger partial charge on any atom is -0.351 e. The van der Waals surface area contributed by atoms with Crippen molar-refractivity contribution in [2.45, 2.75) is 26.3 Å². The Morgan fingerprint density at radius 2 is 2.44 bits per heavy atom. The lowest BCUT2D eigenvalue weighted by atomic mass is 10.3. The molecule has 0 bridgehead atoms. The molecule has 0 aliphatic carbocycles. The molecule has 2 rings (SSSR count). The van der Waals surface area contributed by atoms with Gasteiger partial charge in [-0.15, -0.1) is 5.10 Å². The average molecular weight is 265 g/mol. The van der Waals surface area contributed by atoms with Crippen LogP contribution in [0.25, 0.3) is 0 Å². The maximum atomic E-state index is 11.8. The maximum Gasteiger partial charge on any atom is 0.264 e. The molecule has 0 fully saturated rings. The minimum absolute atomic E-state index is 0.0812. The molecule has 96 valence electrons. The fourth-order valence-corrected chi connectivity index (χ4v) is 2.24. The molecule has 0 unspecified atom stereocenters. The van der Waals surface area contributed by atoms with Crippen LogP contribution in [-0.4, -0.2) is 31.8 Å². The summed E-state index contributed by atoms with van der Waals surface area (Å²) in [5, 5.41) is 10.9. The molecule has 1 amide bonds. The monoisotopic (exact) mass is 265 g/mol. The molecule has 2 aromatic heterocycles. The molecule has 6 nitrogen and oxygen atoms in total. The molecule has 0 radical (unpaired) electrons. The van der Waals surface area contributed by atoms with Crippen LogP contribution in [0.15, 0.2) is 18.5 Å². The smallest absolute Gasteiger partial charge is 0.264 e. The molecule has 1 N–H and O–H groups in total. The number of nitrogens with zero attached hydrogens (tertiary/aromatic N) is 4. The van der Waals surface area contributed by atoms with Crippen molar-refractivity contribution >= 4 is 17.4 Å². The van der Waals surface area contributed by atoms with Crippen LogP contribution in [0.3, 0.4) is 0 Å². The zero-order chi connectivity index (χ0) is 12.8. The van der Waals surface area contributed by atoms with Gasteiger partial charge in [-0.3, -0.25) is 9.48 Å². The number of hydrogen-bond acceptors (Lipinski definition) is 5. The van der Waals surface area contributed by atoms with E-state index in [9.17, 15) is 4.79 Å². The van der Waals surface area contributed by atoms with E-state index in [1.54, 1.807) is 6.20 Å². The quantitative estimate of drug-likeness (QED) is 0.794. The van der Waals surface area contributed by atoms with Gasteiger partial charge in [-0.05, 0) is 30.4 Å². The Morgan fingerprint density at radius 1 is 1.56 bits per heavy atom. The normalized spacial score (nSPS) is 10.5. The molecule has 18 heavy (non-hydrogen) atoms. The molecule has 0 aromatic carbocycles. The van der Waals surface area contributed by atoms with Gasteiger partial charge in [-0.1, -0.05) is 11.4 Å². The minimum atomic E-state index is -0.0812. The molecule has 0 aliphatic rings. The molecule has 0 spiro atoms. The van der Waals surface area contributed by atoms with Crippen molar-refractivity contribution < 1.29 is 4.79 Å². The molecule has 0 aliphatic heterocycles. The van der Waals surface area contributed by atoms with E-state index < -0.39 is 0 Å². The largest absolute Gasteiger partial charge is 0.351 e. The van der Waals surface area contributed by atoms with E-state index in [0.717, 1.165) is 36.6 Å². The maximum absolute atomic E-state index is 11.8. The summed E-state index contributed by atoms with van der Waals surface area (Å²) in [5.74, 6) is -0.0812. The summed E-state index contributed by atoms with van der Waals surface area (Å²) in [4.78, 5) is 12.5. The highest BCUT2D eigenvalue weighted by molar-refractivity contribution is 7.08. The van der Waals surface area contributed by atoms with Crippen molar-refractivity contribution in [3.8, 4) is 0 Å². The molecule has 0 saturated heterocycles. The number of carbonyl (C=O) groups is 1. The molecular weight excluding hydrogens is 250 g/mol. The van der Waals surface area contributed by atoms with Crippen molar-refractivity contribution in [3.63, 3.8) is 0 Å². The summed E-state index contributed by atoms with van der Waals surface area (Å²) in [6.45, 7) is 3.39. The molecule has 7 heteroatoms. The van der Waals surface area contributed by atoms with Gasteiger partial charge in [0.25, 0.3) is 5.91 Å². The third-order valence-electron chi connectivity index (χ3n) is 2.51.